The molecule has 0 spiro atoms. The Labute approximate surface area is 136 Å². The van der Waals surface area contributed by atoms with E-state index in [9.17, 15) is 8.78 Å². The summed E-state index contributed by atoms with van der Waals surface area (Å²) in [4.78, 5) is 8.02. The van der Waals surface area contributed by atoms with Crippen molar-refractivity contribution in [2.24, 2.45) is 0 Å². The third-order valence-corrected chi connectivity index (χ3v) is 3.92. The van der Waals surface area contributed by atoms with E-state index < -0.39 is 17.6 Å². The van der Waals surface area contributed by atoms with Crippen LogP contribution < -0.4 is 0 Å². The first kappa shape index (κ1) is 14.5. The summed E-state index contributed by atoms with van der Waals surface area (Å²) in [7, 11) is 0. The van der Waals surface area contributed by atoms with Gasteiger partial charge in [-0.2, -0.15) is 0 Å². The van der Waals surface area contributed by atoms with E-state index in [0.29, 0.717) is 22.5 Å². The average Bonchev–Trinajstić information content (AvgIpc) is 3.01. The first-order chi connectivity index (χ1) is 11.7. The van der Waals surface area contributed by atoms with E-state index in [1.807, 2.05) is 30.3 Å². The topological polar surface area (TPSA) is 38.9 Å². The summed E-state index contributed by atoms with van der Waals surface area (Å²) < 4.78 is 33.6. The van der Waals surface area contributed by atoms with Gasteiger partial charge in [0.2, 0.25) is 0 Å². The van der Waals surface area contributed by atoms with Gasteiger partial charge in [0.1, 0.15) is 29.3 Å². The molecule has 0 radical (unpaired) electrons. The Kier molecular flexibility index (Phi) is 3.54. The third kappa shape index (κ3) is 2.54. The molecule has 1 unspecified atom stereocenters. The van der Waals surface area contributed by atoms with Crippen molar-refractivity contribution in [2.75, 3.05) is 0 Å². The van der Waals surface area contributed by atoms with Crippen LogP contribution in [-0.4, -0.2) is 9.97 Å². The summed E-state index contributed by atoms with van der Waals surface area (Å²) in [5, 5.41) is 0.914. The van der Waals surface area contributed by atoms with E-state index in [1.165, 1.54) is 18.5 Å². The lowest BCUT2D eigenvalue weighted by atomic mass is 9.90. The molecule has 3 nitrogen and oxygen atoms in total. The first-order valence-electron chi connectivity index (χ1n) is 7.41. The van der Waals surface area contributed by atoms with Crippen molar-refractivity contribution in [3.05, 3.63) is 95.8 Å². The molecule has 0 aliphatic carbocycles. The van der Waals surface area contributed by atoms with Crippen molar-refractivity contribution in [2.45, 2.75) is 5.92 Å². The molecule has 0 amide bonds. The second-order valence-electron chi connectivity index (χ2n) is 5.46. The molecule has 0 aliphatic heterocycles. The SMILES string of the molecule is Fc1ccc(C(c2cncnc2)c2cc3ccccc3o2)c(F)c1. The van der Waals surface area contributed by atoms with Gasteiger partial charge in [-0.15, -0.1) is 0 Å². The summed E-state index contributed by atoms with van der Waals surface area (Å²) in [6.45, 7) is 0. The largest absolute Gasteiger partial charge is 0.460 e. The fourth-order valence-electron chi connectivity index (χ4n) is 2.84. The maximum absolute atomic E-state index is 14.4. The van der Waals surface area contributed by atoms with E-state index in [4.69, 9.17) is 4.42 Å². The monoisotopic (exact) mass is 322 g/mol. The standard InChI is InChI=1S/C19H12F2N2O/c20-14-5-6-15(16(21)8-14)19(13-9-22-11-23-10-13)18-7-12-3-1-2-4-17(12)24-18/h1-11,19H. The van der Waals surface area contributed by atoms with Crippen LogP contribution >= 0.6 is 0 Å². The number of benzene rings is 2. The van der Waals surface area contributed by atoms with Crippen LogP contribution in [0.3, 0.4) is 0 Å². The van der Waals surface area contributed by atoms with Gasteiger partial charge >= 0.3 is 0 Å². The van der Waals surface area contributed by atoms with E-state index in [2.05, 4.69) is 9.97 Å². The molecule has 5 heteroatoms. The van der Waals surface area contributed by atoms with Crippen molar-refractivity contribution >= 4 is 11.0 Å². The fraction of sp³-hybridized carbons (Fsp3) is 0.0526. The third-order valence-electron chi connectivity index (χ3n) is 3.92. The van der Waals surface area contributed by atoms with Gasteiger partial charge < -0.3 is 4.42 Å². The van der Waals surface area contributed by atoms with Crippen molar-refractivity contribution in [3.63, 3.8) is 0 Å². The number of halogens is 2. The lowest BCUT2D eigenvalue weighted by Crippen LogP contribution is -2.06. The maximum Gasteiger partial charge on any atom is 0.134 e. The fourth-order valence-corrected chi connectivity index (χ4v) is 2.84. The molecule has 0 fully saturated rings. The quantitative estimate of drug-likeness (QED) is 0.550. The molecule has 0 saturated heterocycles. The Morgan fingerprint density at radius 1 is 0.917 bits per heavy atom. The Morgan fingerprint density at radius 2 is 1.71 bits per heavy atom. The number of hydrogen-bond donors (Lipinski definition) is 0. The second-order valence-corrected chi connectivity index (χ2v) is 5.46. The maximum atomic E-state index is 14.4. The minimum absolute atomic E-state index is 0.310. The van der Waals surface area contributed by atoms with Crippen molar-refractivity contribution in [1.82, 2.24) is 9.97 Å². The minimum Gasteiger partial charge on any atom is -0.460 e. The molecule has 0 N–H and O–H groups in total. The summed E-state index contributed by atoms with van der Waals surface area (Å²) in [5.41, 5.74) is 1.68. The van der Waals surface area contributed by atoms with E-state index in [0.717, 1.165) is 11.5 Å². The predicted octanol–water partition coefficient (Wildman–Crippen LogP) is 4.68. The average molecular weight is 322 g/mol. The number of fused-ring (bicyclic) bond motifs is 1. The number of nitrogens with zero attached hydrogens (tertiary/aromatic N) is 2. The number of rotatable bonds is 3. The Balaban J connectivity index is 1.93. The molecule has 118 valence electrons. The molecule has 2 aromatic carbocycles. The Bertz CT molecular complexity index is 966. The molecule has 0 saturated carbocycles. The van der Waals surface area contributed by atoms with Crippen LogP contribution in [0.25, 0.3) is 11.0 Å². The van der Waals surface area contributed by atoms with Gasteiger partial charge in [0.05, 0.1) is 5.92 Å². The van der Waals surface area contributed by atoms with Crippen LogP contribution in [0.4, 0.5) is 8.78 Å². The van der Waals surface area contributed by atoms with E-state index in [-0.39, 0.29) is 0 Å². The summed E-state index contributed by atoms with van der Waals surface area (Å²) in [6.07, 6.45) is 4.61. The zero-order chi connectivity index (χ0) is 16.5. The molecule has 2 heterocycles. The van der Waals surface area contributed by atoms with Crippen LogP contribution in [0.15, 0.2) is 71.7 Å². The van der Waals surface area contributed by atoms with Gasteiger partial charge in [-0.05, 0) is 18.2 Å². The van der Waals surface area contributed by atoms with E-state index in [1.54, 1.807) is 12.4 Å². The molecular weight excluding hydrogens is 310 g/mol. The lowest BCUT2D eigenvalue weighted by Gasteiger charge is -2.15. The number of furan rings is 1. The minimum atomic E-state index is -0.635. The molecule has 4 rings (SSSR count). The molecular formula is C19H12F2N2O. The summed E-state index contributed by atoms with van der Waals surface area (Å²) >= 11 is 0. The smallest absolute Gasteiger partial charge is 0.134 e. The van der Waals surface area contributed by atoms with Crippen LogP contribution in [0.5, 0.6) is 0 Å². The van der Waals surface area contributed by atoms with Gasteiger partial charge in [0.15, 0.2) is 0 Å². The van der Waals surface area contributed by atoms with E-state index >= 15 is 0 Å². The van der Waals surface area contributed by atoms with Gasteiger partial charge in [-0.1, -0.05) is 24.3 Å². The summed E-state index contributed by atoms with van der Waals surface area (Å²) in [6, 6.07) is 12.9. The van der Waals surface area contributed by atoms with Crippen LogP contribution in [0, 0.1) is 11.6 Å². The zero-order valence-electron chi connectivity index (χ0n) is 12.5. The zero-order valence-corrected chi connectivity index (χ0v) is 12.5. The van der Waals surface area contributed by atoms with Gasteiger partial charge in [0.25, 0.3) is 0 Å². The highest BCUT2D eigenvalue weighted by atomic mass is 19.1. The van der Waals surface area contributed by atoms with Crippen LogP contribution in [-0.2, 0) is 0 Å². The number of aromatic nitrogens is 2. The Morgan fingerprint density at radius 3 is 2.46 bits per heavy atom. The van der Waals surface area contributed by atoms with Gasteiger partial charge in [-0.3, -0.25) is 0 Å². The van der Waals surface area contributed by atoms with Crippen molar-refractivity contribution in [3.8, 4) is 0 Å². The lowest BCUT2D eigenvalue weighted by molar-refractivity contribution is 0.521. The molecule has 4 aromatic rings. The highest BCUT2D eigenvalue weighted by Crippen LogP contribution is 2.36. The van der Waals surface area contributed by atoms with Gasteiger partial charge in [-0.25, -0.2) is 18.7 Å². The predicted molar refractivity (Wildman–Crippen MR) is 85.5 cm³/mol. The normalized spacial score (nSPS) is 12.4. The summed E-state index contributed by atoms with van der Waals surface area (Å²) in [5.74, 6) is -1.26. The molecule has 0 bridgehead atoms. The Hall–Kier alpha value is -3.08. The molecule has 1 atom stereocenters. The van der Waals surface area contributed by atoms with Crippen LogP contribution in [0.2, 0.25) is 0 Å². The number of hydrogen-bond acceptors (Lipinski definition) is 3. The second kappa shape index (κ2) is 5.85. The van der Waals surface area contributed by atoms with Crippen molar-refractivity contribution in [1.29, 1.82) is 0 Å². The number of para-hydroxylation sites is 1. The molecule has 0 aliphatic rings. The van der Waals surface area contributed by atoms with Crippen LogP contribution in [0.1, 0.15) is 22.8 Å². The first-order valence-corrected chi connectivity index (χ1v) is 7.41. The molecule has 2 aromatic heterocycles. The molecule has 24 heavy (non-hydrogen) atoms. The van der Waals surface area contributed by atoms with Gasteiger partial charge in [0, 0.05) is 35.0 Å². The van der Waals surface area contributed by atoms with Crippen molar-refractivity contribution < 1.29 is 13.2 Å². The highest BCUT2D eigenvalue weighted by Gasteiger charge is 2.24. The highest BCUT2D eigenvalue weighted by molar-refractivity contribution is 5.78.